The lowest BCUT2D eigenvalue weighted by Gasteiger charge is -2.33. The fourth-order valence-electron chi connectivity index (χ4n) is 2.41. The van der Waals surface area contributed by atoms with Gasteiger partial charge in [-0.1, -0.05) is 0 Å². The molecule has 4 nitrogen and oxygen atoms in total. The molecule has 0 amide bonds. The van der Waals surface area contributed by atoms with Crippen molar-refractivity contribution in [2.24, 2.45) is 0 Å². The maximum atomic E-state index is 11.2. The van der Waals surface area contributed by atoms with E-state index in [1.165, 1.54) is 0 Å². The zero-order valence-electron chi connectivity index (χ0n) is 8.22. The molecular weight excluding hydrogens is 202 g/mol. The molecule has 2 fully saturated rings. The Balaban J connectivity index is 1.95. The van der Waals surface area contributed by atoms with Gasteiger partial charge in [0.1, 0.15) is 0 Å². The molecule has 14 heavy (non-hydrogen) atoms. The summed E-state index contributed by atoms with van der Waals surface area (Å²) in [5, 5.41) is 9.68. The summed E-state index contributed by atoms with van der Waals surface area (Å²) in [6, 6.07) is 0.213. The van der Waals surface area contributed by atoms with Crippen LogP contribution >= 0.6 is 0 Å². The van der Waals surface area contributed by atoms with Crippen LogP contribution in [-0.2, 0) is 9.84 Å². The molecule has 2 aliphatic rings. The van der Waals surface area contributed by atoms with Crippen molar-refractivity contribution in [3.05, 3.63) is 0 Å². The van der Waals surface area contributed by atoms with E-state index in [0.717, 1.165) is 19.3 Å². The summed E-state index contributed by atoms with van der Waals surface area (Å²) in [6.07, 6.45) is 2.71. The fraction of sp³-hybridized carbons (Fsp3) is 1.00. The zero-order chi connectivity index (χ0) is 10.2. The van der Waals surface area contributed by atoms with Gasteiger partial charge in [0.15, 0.2) is 9.84 Å². The van der Waals surface area contributed by atoms with Crippen LogP contribution in [0.15, 0.2) is 0 Å². The Kier molecular flexibility index (Phi) is 2.81. The number of hydrogen-bond donors (Lipinski definition) is 1. The van der Waals surface area contributed by atoms with E-state index in [1.54, 1.807) is 0 Å². The molecule has 1 aliphatic carbocycles. The first-order valence-electron chi connectivity index (χ1n) is 5.21. The Morgan fingerprint density at radius 3 is 2.29 bits per heavy atom. The van der Waals surface area contributed by atoms with E-state index < -0.39 is 9.84 Å². The van der Waals surface area contributed by atoms with Crippen LogP contribution in [0.1, 0.15) is 19.3 Å². The first-order chi connectivity index (χ1) is 6.58. The van der Waals surface area contributed by atoms with Gasteiger partial charge in [-0.3, -0.25) is 4.90 Å². The molecule has 0 bridgehead atoms. The molecule has 2 rings (SSSR count). The highest BCUT2D eigenvalue weighted by atomic mass is 32.2. The van der Waals surface area contributed by atoms with Crippen LogP contribution in [0.3, 0.4) is 0 Å². The monoisotopic (exact) mass is 219 g/mol. The molecule has 2 atom stereocenters. The fourth-order valence-corrected chi connectivity index (χ4v) is 3.63. The second-order valence-corrected chi connectivity index (χ2v) is 6.56. The minimum Gasteiger partial charge on any atom is -0.391 e. The van der Waals surface area contributed by atoms with Crippen molar-refractivity contribution in [3.63, 3.8) is 0 Å². The van der Waals surface area contributed by atoms with Crippen LogP contribution in [0.4, 0.5) is 0 Å². The topological polar surface area (TPSA) is 57.6 Å². The lowest BCUT2D eigenvalue weighted by atomic mass is 10.2. The van der Waals surface area contributed by atoms with Gasteiger partial charge in [0.2, 0.25) is 0 Å². The average molecular weight is 219 g/mol. The molecule has 82 valence electrons. The van der Waals surface area contributed by atoms with Crippen molar-refractivity contribution in [2.75, 3.05) is 24.6 Å². The smallest absolute Gasteiger partial charge is 0.152 e. The summed E-state index contributed by atoms with van der Waals surface area (Å²) < 4.78 is 22.4. The summed E-state index contributed by atoms with van der Waals surface area (Å²) in [4.78, 5) is 2.14. The van der Waals surface area contributed by atoms with Crippen LogP contribution in [0.25, 0.3) is 0 Å². The van der Waals surface area contributed by atoms with Gasteiger partial charge in [-0.15, -0.1) is 0 Å². The SMILES string of the molecule is O=S1(=O)CCN([C@H]2CCC[C@@H]2O)CC1. The third-order valence-corrected chi connectivity index (χ3v) is 4.90. The van der Waals surface area contributed by atoms with E-state index in [0.29, 0.717) is 13.1 Å². The maximum absolute atomic E-state index is 11.2. The number of rotatable bonds is 1. The van der Waals surface area contributed by atoms with Crippen molar-refractivity contribution >= 4 is 9.84 Å². The minimum atomic E-state index is -2.79. The van der Waals surface area contributed by atoms with Crippen molar-refractivity contribution in [3.8, 4) is 0 Å². The van der Waals surface area contributed by atoms with E-state index in [4.69, 9.17) is 0 Å². The highest BCUT2D eigenvalue weighted by Crippen LogP contribution is 2.25. The molecule has 1 saturated heterocycles. The van der Waals surface area contributed by atoms with Gasteiger partial charge in [0.05, 0.1) is 17.6 Å². The maximum Gasteiger partial charge on any atom is 0.152 e. The third kappa shape index (κ3) is 2.10. The summed E-state index contributed by atoms with van der Waals surface area (Å²) in [7, 11) is -2.79. The Hall–Kier alpha value is -0.130. The predicted octanol–water partition coefficient (Wildman–Crippen LogP) is -0.370. The second-order valence-electron chi connectivity index (χ2n) is 4.25. The average Bonchev–Trinajstić information content (AvgIpc) is 2.52. The molecule has 0 aromatic heterocycles. The van der Waals surface area contributed by atoms with Crippen molar-refractivity contribution in [1.29, 1.82) is 0 Å². The first-order valence-corrected chi connectivity index (χ1v) is 7.03. The largest absolute Gasteiger partial charge is 0.391 e. The normalized spacial score (nSPS) is 38.6. The number of aliphatic hydroxyl groups is 1. The van der Waals surface area contributed by atoms with Crippen LogP contribution in [0.2, 0.25) is 0 Å². The summed E-state index contributed by atoms with van der Waals surface area (Å²) in [5.74, 6) is 0.520. The second kappa shape index (κ2) is 3.79. The van der Waals surface area contributed by atoms with Crippen molar-refractivity contribution < 1.29 is 13.5 Å². The molecule has 0 aromatic rings. The van der Waals surface area contributed by atoms with Crippen LogP contribution < -0.4 is 0 Å². The number of nitrogens with zero attached hydrogens (tertiary/aromatic N) is 1. The summed E-state index contributed by atoms with van der Waals surface area (Å²) in [5.41, 5.74) is 0. The molecular formula is C9H17NO3S. The third-order valence-electron chi connectivity index (χ3n) is 3.29. The van der Waals surface area contributed by atoms with Gasteiger partial charge in [-0.05, 0) is 19.3 Å². The van der Waals surface area contributed by atoms with E-state index in [2.05, 4.69) is 4.90 Å². The molecule has 0 spiro atoms. The molecule has 1 aliphatic heterocycles. The van der Waals surface area contributed by atoms with Crippen molar-refractivity contribution in [2.45, 2.75) is 31.4 Å². The molecule has 0 unspecified atom stereocenters. The van der Waals surface area contributed by atoms with Gasteiger partial charge in [0.25, 0.3) is 0 Å². The Morgan fingerprint density at radius 1 is 1.14 bits per heavy atom. The van der Waals surface area contributed by atoms with E-state index in [9.17, 15) is 13.5 Å². The van der Waals surface area contributed by atoms with E-state index >= 15 is 0 Å². The number of hydrogen-bond acceptors (Lipinski definition) is 4. The van der Waals surface area contributed by atoms with Crippen molar-refractivity contribution in [1.82, 2.24) is 4.90 Å². The Morgan fingerprint density at radius 2 is 1.79 bits per heavy atom. The molecule has 0 radical (unpaired) electrons. The lowest BCUT2D eigenvalue weighted by Crippen LogP contribution is -2.48. The van der Waals surface area contributed by atoms with Gasteiger partial charge in [0, 0.05) is 19.1 Å². The van der Waals surface area contributed by atoms with Crippen LogP contribution in [0.5, 0.6) is 0 Å². The molecule has 1 saturated carbocycles. The molecule has 1 N–H and O–H groups in total. The standard InChI is InChI=1S/C9H17NO3S/c11-9-3-1-2-8(9)10-4-6-14(12,13)7-5-10/h8-9,11H,1-7H2/t8-,9-/m0/s1. The summed E-state index contributed by atoms with van der Waals surface area (Å²) >= 11 is 0. The molecule has 5 heteroatoms. The predicted molar refractivity (Wildman–Crippen MR) is 53.9 cm³/mol. The zero-order valence-corrected chi connectivity index (χ0v) is 9.04. The minimum absolute atomic E-state index is 0.213. The number of sulfone groups is 1. The van der Waals surface area contributed by atoms with Gasteiger partial charge >= 0.3 is 0 Å². The van der Waals surface area contributed by atoms with Crippen LogP contribution in [-0.4, -0.2) is 55.2 Å². The van der Waals surface area contributed by atoms with Gasteiger partial charge < -0.3 is 5.11 Å². The molecule has 1 heterocycles. The molecule has 0 aromatic carbocycles. The quantitative estimate of drug-likeness (QED) is 0.654. The Labute approximate surface area is 84.8 Å². The highest BCUT2D eigenvalue weighted by Gasteiger charge is 2.33. The van der Waals surface area contributed by atoms with Gasteiger partial charge in [-0.25, -0.2) is 8.42 Å². The summed E-state index contributed by atoms with van der Waals surface area (Å²) in [6.45, 7) is 1.20. The van der Waals surface area contributed by atoms with Crippen LogP contribution in [0, 0.1) is 0 Å². The van der Waals surface area contributed by atoms with E-state index in [1.807, 2.05) is 0 Å². The highest BCUT2D eigenvalue weighted by molar-refractivity contribution is 7.91. The van der Waals surface area contributed by atoms with E-state index in [-0.39, 0.29) is 23.7 Å². The lowest BCUT2D eigenvalue weighted by molar-refractivity contribution is 0.0759. The first kappa shape index (κ1) is 10.4. The number of aliphatic hydroxyl groups excluding tert-OH is 1. The van der Waals surface area contributed by atoms with Gasteiger partial charge in [-0.2, -0.15) is 0 Å². The Bertz CT molecular complexity index is 287.